The minimum atomic E-state index is -3.87. The van der Waals surface area contributed by atoms with Crippen molar-refractivity contribution in [1.82, 2.24) is 19.4 Å². The highest BCUT2D eigenvalue weighted by atomic mass is 35.5. The van der Waals surface area contributed by atoms with Crippen molar-refractivity contribution in [2.45, 2.75) is 61.2 Å². The van der Waals surface area contributed by atoms with Crippen LogP contribution in [0.5, 0.6) is 0 Å². The molecule has 3 fully saturated rings. The Morgan fingerprint density at radius 3 is 2.43 bits per heavy atom. The third-order valence-electron chi connectivity index (χ3n) is 7.43. The molecule has 2 aromatic heterocycles. The second-order valence-electron chi connectivity index (χ2n) is 10.0. The Labute approximate surface area is 231 Å². The van der Waals surface area contributed by atoms with E-state index in [1.807, 2.05) is 11.0 Å². The van der Waals surface area contributed by atoms with E-state index in [4.69, 9.17) is 11.6 Å². The van der Waals surface area contributed by atoms with Gasteiger partial charge in [-0.15, -0.1) is 22.7 Å². The lowest BCUT2D eigenvalue weighted by atomic mass is 10.1. The fraction of sp³-hybridized carbons (Fsp3) is 0.600. The highest BCUT2D eigenvalue weighted by Gasteiger charge is 2.36. The molecule has 5 heterocycles. The van der Waals surface area contributed by atoms with E-state index in [-0.39, 0.29) is 28.6 Å². The number of halogens is 1. The van der Waals surface area contributed by atoms with Crippen molar-refractivity contribution in [1.29, 1.82) is 0 Å². The molecule has 2 aromatic rings. The molecule has 0 saturated carbocycles. The first-order chi connectivity index (χ1) is 17.8. The zero-order chi connectivity index (χ0) is 26.0. The summed E-state index contributed by atoms with van der Waals surface area (Å²) >= 11 is 8.55. The van der Waals surface area contributed by atoms with Crippen LogP contribution in [0, 0.1) is 0 Å². The quantitative estimate of drug-likeness (QED) is 0.509. The van der Waals surface area contributed by atoms with Gasteiger partial charge >= 0.3 is 0 Å². The number of nitrogens with one attached hydrogen (secondary N) is 1. The van der Waals surface area contributed by atoms with Crippen LogP contribution in [0.4, 0.5) is 0 Å². The molecule has 12 heteroatoms. The first-order valence-electron chi connectivity index (χ1n) is 13.0. The second-order valence-corrected chi connectivity index (χ2v) is 14.8. The van der Waals surface area contributed by atoms with Gasteiger partial charge < -0.3 is 14.7 Å². The van der Waals surface area contributed by atoms with Crippen LogP contribution in [-0.2, 0) is 19.6 Å². The predicted molar refractivity (Wildman–Crippen MR) is 148 cm³/mol. The maximum Gasteiger partial charge on any atom is 0.250 e. The van der Waals surface area contributed by atoms with Crippen molar-refractivity contribution in [3.63, 3.8) is 0 Å². The Morgan fingerprint density at radius 1 is 0.946 bits per heavy atom. The van der Waals surface area contributed by atoms with Crippen molar-refractivity contribution in [2.24, 2.45) is 0 Å². The summed E-state index contributed by atoms with van der Waals surface area (Å²) in [4.78, 5) is 34.1. The molecule has 0 spiro atoms. The number of carbonyl (C=O) groups excluding carboxylic acids is 2. The molecule has 0 radical (unpaired) electrons. The zero-order valence-electron chi connectivity index (χ0n) is 20.7. The van der Waals surface area contributed by atoms with Crippen LogP contribution >= 0.6 is 34.3 Å². The van der Waals surface area contributed by atoms with Gasteiger partial charge in [0, 0.05) is 35.4 Å². The fourth-order valence-electron chi connectivity index (χ4n) is 5.54. The van der Waals surface area contributed by atoms with E-state index in [9.17, 15) is 18.0 Å². The Kier molecular flexibility index (Phi) is 8.57. The number of rotatable bonds is 8. The molecule has 3 aliphatic rings. The molecule has 2 amide bonds. The fourth-order valence-corrected chi connectivity index (χ4v) is 9.22. The van der Waals surface area contributed by atoms with Gasteiger partial charge in [-0.25, -0.2) is 8.42 Å². The number of nitrogens with zero attached hydrogens (tertiary/aromatic N) is 3. The van der Waals surface area contributed by atoms with Crippen molar-refractivity contribution in [3.8, 4) is 9.75 Å². The van der Waals surface area contributed by atoms with E-state index in [2.05, 4.69) is 9.62 Å². The highest BCUT2D eigenvalue weighted by molar-refractivity contribution is 7.91. The van der Waals surface area contributed by atoms with Gasteiger partial charge in [0.1, 0.15) is 10.3 Å². The minimum Gasteiger partial charge on any atom is -0.337 e. The number of amides is 2. The lowest BCUT2D eigenvalue weighted by Crippen LogP contribution is -2.55. The molecule has 8 nitrogen and oxygen atoms in total. The zero-order valence-corrected chi connectivity index (χ0v) is 23.9. The molecule has 3 saturated heterocycles. The summed E-state index contributed by atoms with van der Waals surface area (Å²) in [5.41, 5.74) is 0. The van der Waals surface area contributed by atoms with Gasteiger partial charge in [0.05, 0.1) is 10.9 Å². The molecular weight excluding hydrogens is 552 g/mol. The monoisotopic (exact) mass is 584 g/mol. The smallest absolute Gasteiger partial charge is 0.250 e. The number of thiophene rings is 2. The Balaban J connectivity index is 1.19. The van der Waals surface area contributed by atoms with Crippen LogP contribution < -0.4 is 4.72 Å². The normalized spacial score (nSPS) is 23.6. The summed E-state index contributed by atoms with van der Waals surface area (Å²) in [6, 6.07) is 6.29. The van der Waals surface area contributed by atoms with Gasteiger partial charge in [-0.05, 0) is 75.9 Å². The van der Waals surface area contributed by atoms with Crippen LogP contribution in [0.2, 0.25) is 4.34 Å². The van der Waals surface area contributed by atoms with Gasteiger partial charge in [0.15, 0.2) is 0 Å². The molecular formula is C25H33ClN4O4S3. The number of likely N-dealkylation sites (tertiary alicyclic amines) is 3. The van der Waals surface area contributed by atoms with E-state index in [0.29, 0.717) is 23.7 Å². The van der Waals surface area contributed by atoms with Crippen LogP contribution in [0.3, 0.4) is 0 Å². The SMILES string of the molecule is O=C1[C@@H](NS(=O)(=O)c2ccc(-c3ccc(Cl)s3)s2)CCCN1CC(=O)N1CCC[C@H]1CN1CCCCC1. The molecule has 37 heavy (non-hydrogen) atoms. The third kappa shape index (κ3) is 6.39. The maximum atomic E-state index is 13.2. The predicted octanol–water partition coefficient (Wildman–Crippen LogP) is 3.88. The van der Waals surface area contributed by atoms with Gasteiger partial charge in [0.25, 0.3) is 10.0 Å². The first-order valence-corrected chi connectivity index (χ1v) is 16.5. The van der Waals surface area contributed by atoms with E-state index in [0.717, 1.165) is 60.1 Å². The molecule has 3 aliphatic heterocycles. The van der Waals surface area contributed by atoms with Gasteiger partial charge in [-0.1, -0.05) is 18.0 Å². The molecule has 2 atom stereocenters. The van der Waals surface area contributed by atoms with Crippen molar-refractivity contribution >= 4 is 56.1 Å². The average Bonchev–Trinajstić information content (AvgIpc) is 3.63. The molecule has 0 unspecified atom stereocenters. The largest absolute Gasteiger partial charge is 0.337 e. The lowest BCUT2D eigenvalue weighted by Gasteiger charge is -2.36. The molecule has 0 bridgehead atoms. The standard InChI is InChI=1S/C25H33ClN4O4S3/c26-22-10-8-20(35-22)21-9-11-24(36-21)37(33,34)27-19-7-5-14-29(25(19)32)17-23(31)30-15-4-6-18(30)16-28-12-2-1-3-13-28/h8-11,18-19,27H,1-7,12-17H2/t18-,19-/m0/s1. The Hall–Kier alpha value is -1.50. The number of hydrogen-bond donors (Lipinski definition) is 1. The van der Waals surface area contributed by atoms with Crippen molar-refractivity contribution < 1.29 is 18.0 Å². The van der Waals surface area contributed by atoms with Gasteiger partial charge in [-0.3, -0.25) is 9.59 Å². The summed E-state index contributed by atoms with van der Waals surface area (Å²) in [6.45, 7) is 4.30. The second kappa shape index (κ2) is 11.7. The van der Waals surface area contributed by atoms with Gasteiger partial charge in [-0.2, -0.15) is 4.72 Å². The van der Waals surface area contributed by atoms with Crippen LogP contribution in [0.15, 0.2) is 28.5 Å². The van der Waals surface area contributed by atoms with Gasteiger partial charge in [0.2, 0.25) is 11.8 Å². The van der Waals surface area contributed by atoms with Crippen LogP contribution in [0.1, 0.15) is 44.9 Å². The van der Waals surface area contributed by atoms with E-state index < -0.39 is 16.1 Å². The molecule has 5 rings (SSSR count). The van der Waals surface area contributed by atoms with Crippen molar-refractivity contribution in [3.05, 3.63) is 28.6 Å². The Bertz CT molecular complexity index is 1220. The number of sulfonamides is 1. The summed E-state index contributed by atoms with van der Waals surface area (Å²) in [7, 11) is -3.87. The molecule has 0 aliphatic carbocycles. The summed E-state index contributed by atoms with van der Waals surface area (Å²) in [5, 5.41) is 0. The molecule has 202 valence electrons. The minimum absolute atomic E-state index is 0.00977. The first kappa shape index (κ1) is 27.1. The Morgan fingerprint density at radius 2 is 1.68 bits per heavy atom. The molecule has 0 aromatic carbocycles. The van der Waals surface area contributed by atoms with E-state index >= 15 is 0 Å². The average molecular weight is 585 g/mol. The molecule has 1 N–H and O–H groups in total. The highest BCUT2D eigenvalue weighted by Crippen LogP contribution is 2.37. The van der Waals surface area contributed by atoms with E-state index in [1.54, 1.807) is 18.2 Å². The van der Waals surface area contributed by atoms with Crippen LogP contribution in [-0.4, -0.2) is 86.3 Å². The van der Waals surface area contributed by atoms with E-state index in [1.165, 1.54) is 35.5 Å². The number of piperidine rings is 2. The van der Waals surface area contributed by atoms with Crippen molar-refractivity contribution in [2.75, 3.05) is 39.3 Å². The summed E-state index contributed by atoms with van der Waals surface area (Å²) in [6.07, 6.45) is 6.77. The topological polar surface area (TPSA) is 90.0 Å². The maximum absolute atomic E-state index is 13.2. The summed E-state index contributed by atoms with van der Waals surface area (Å²) < 4.78 is 29.6. The van der Waals surface area contributed by atoms with Crippen LogP contribution in [0.25, 0.3) is 9.75 Å². The summed E-state index contributed by atoms with van der Waals surface area (Å²) in [5.74, 6) is -0.356. The number of carbonyl (C=O) groups is 2. The lowest BCUT2D eigenvalue weighted by molar-refractivity contribution is -0.143. The third-order valence-corrected chi connectivity index (χ3v) is 11.9. The number of hydrogen-bond acceptors (Lipinski definition) is 7.